The van der Waals surface area contributed by atoms with Crippen LogP contribution >= 0.6 is 0 Å². The van der Waals surface area contributed by atoms with E-state index in [0.29, 0.717) is 13.0 Å². The second-order valence-corrected chi connectivity index (χ2v) is 6.68. The normalized spacial score (nSPS) is 11.2. The zero-order valence-corrected chi connectivity index (χ0v) is 13.3. The lowest BCUT2D eigenvalue weighted by Gasteiger charge is -2.09. The van der Waals surface area contributed by atoms with Gasteiger partial charge in [-0.25, -0.2) is 13.6 Å². The summed E-state index contributed by atoms with van der Waals surface area (Å²) in [4.78, 5) is 10.4. The number of aryl methyl sites for hydroxylation is 1. The highest BCUT2D eigenvalue weighted by Crippen LogP contribution is 2.21. The minimum Gasteiger partial charge on any atom is -0.384 e. The van der Waals surface area contributed by atoms with Crippen molar-refractivity contribution < 1.29 is 13.3 Å². The Hall–Kier alpha value is -2.45. The third-order valence-electron chi connectivity index (χ3n) is 3.40. The van der Waals surface area contributed by atoms with Crippen molar-refractivity contribution in [3.8, 4) is 0 Å². The molecular formula is C15H17N3O4S. The lowest BCUT2D eigenvalue weighted by atomic mass is 10.1. The summed E-state index contributed by atoms with van der Waals surface area (Å²) in [6.45, 7) is 2.42. The summed E-state index contributed by atoms with van der Waals surface area (Å²) >= 11 is 0. The number of nitrogens with zero attached hydrogens (tertiary/aromatic N) is 1. The van der Waals surface area contributed by atoms with E-state index in [9.17, 15) is 18.5 Å². The Morgan fingerprint density at radius 1 is 1.17 bits per heavy atom. The second-order valence-electron chi connectivity index (χ2n) is 5.12. The van der Waals surface area contributed by atoms with E-state index in [2.05, 4.69) is 5.32 Å². The molecule has 0 saturated carbocycles. The number of nitrogens with one attached hydrogen (secondary N) is 1. The molecule has 8 heteroatoms. The summed E-state index contributed by atoms with van der Waals surface area (Å²) in [5.74, 6) is 0. The molecule has 7 nitrogen and oxygen atoms in total. The molecule has 0 fully saturated rings. The Balaban J connectivity index is 1.96. The van der Waals surface area contributed by atoms with E-state index in [-0.39, 0.29) is 10.6 Å². The number of non-ortho nitro benzene ring substituents is 1. The molecule has 0 saturated heterocycles. The number of anilines is 1. The molecule has 0 aliphatic carbocycles. The van der Waals surface area contributed by atoms with E-state index < -0.39 is 14.9 Å². The van der Waals surface area contributed by atoms with Crippen LogP contribution in [0.2, 0.25) is 0 Å². The van der Waals surface area contributed by atoms with Crippen molar-refractivity contribution in [1.29, 1.82) is 0 Å². The Labute approximate surface area is 134 Å². The Morgan fingerprint density at radius 2 is 1.83 bits per heavy atom. The van der Waals surface area contributed by atoms with Gasteiger partial charge in [-0.05, 0) is 42.7 Å². The number of sulfonamides is 1. The molecule has 2 rings (SSSR count). The first-order valence-corrected chi connectivity index (χ1v) is 8.42. The third-order valence-corrected chi connectivity index (χ3v) is 4.33. The topological polar surface area (TPSA) is 115 Å². The van der Waals surface area contributed by atoms with Gasteiger partial charge in [0.25, 0.3) is 5.69 Å². The predicted octanol–water partition coefficient (Wildman–Crippen LogP) is 2.21. The van der Waals surface area contributed by atoms with Crippen LogP contribution in [0, 0.1) is 17.0 Å². The molecule has 0 unspecified atom stereocenters. The van der Waals surface area contributed by atoms with Crippen molar-refractivity contribution >= 4 is 21.4 Å². The highest BCUT2D eigenvalue weighted by atomic mass is 32.2. The van der Waals surface area contributed by atoms with Crippen LogP contribution in [0.5, 0.6) is 0 Å². The van der Waals surface area contributed by atoms with E-state index in [0.717, 1.165) is 16.8 Å². The number of nitrogens with two attached hydrogens (primary N) is 1. The molecule has 0 bridgehead atoms. The number of hydrogen-bond donors (Lipinski definition) is 2. The molecule has 0 aliphatic heterocycles. The van der Waals surface area contributed by atoms with Gasteiger partial charge in [-0.2, -0.15) is 0 Å². The maximum atomic E-state index is 11.2. The van der Waals surface area contributed by atoms with Crippen molar-refractivity contribution in [2.24, 2.45) is 5.14 Å². The van der Waals surface area contributed by atoms with E-state index in [1.54, 1.807) is 25.1 Å². The monoisotopic (exact) mass is 335 g/mol. The van der Waals surface area contributed by atoms with Gasteiger partial charge >= 0.3 is 0 Å². The van der Waals surface area contributed by atoms with Crippen molar-refractivity contribution in [3.05, 3.63) is 63.7 Å². The molecule has 122 valence electrons. The van der Waals surface area contributed by atoms with Gasteiger partial charge in [-0.3, -0.25) is 10.1 Å². The van der Waals surface area contributed by atoms with Crippen molar-refractivity contribution in [2.75, 3.05) is 11.9 Å². The average molecular weight is 335 g/mol. The smallest absolute Gasteiger partial charge is 0.269 e. The number of nitro benzene ring substituents is 1. The highest BCUT2D eigenvalue weighted by molar-refractivity contribution is 7.89. The van der Waals surface area contributed by atoms with E-state index in [1.165, 1.54) is 24.3 Å². The number of primary sulfonamides is 1. The van der Waals surface area contributed by atoms with Crippen molar-refractivity contribution in [2.45, 2.75) is 18.2 Å². The summed E-state index contributed by atoms with van der Waals surface area (Å²) in [7, 11) is -3.67. The largest absolute Gasteiger partial charge is 0.384 e. The Morgan fingerprint density at radius 3 is 2.35 bits per heavy atom. The second kappa shape index (κ2) is 6.76. The van der Waals surface area contributed by atoms with Gasteiger partial charge in [0.1, 0.15) is 0 Å². The van der Waals surface area contributed by atoms with Gasteiger partial charge < -0.3 is 5.32 Å². The molecule has 0 radical (unpaired) electrons. The third kappa shape index (κ3) is 4.51. The van der Waals surface area contributed by atoms with Crippen molar-refractivity contribution in [1.82, 2.24) is 0 Å². The molecular weight excluding hydrogens is 318 g/mol. The standard InChI is InChI=1S/C15H17N3O4S/c1-11-10-13(18(19)20)4-7-15(11)17-9-8-12-2-5-14(6-3-12)23(16,21)22/h2-7,10,17H,8-9H2,1H3,(H2,16,21,22). The Kier molecular flexibility index (Phi) is 4.97. The molecule has 2 aromatic rings. The molecule has 0 aromatic heterocycles. The summed E-state index contributed by atoms with van der Waals surface area (Å²) in [5, 5.41) is 18.9. The lowest BCUT2D eigenvalue weighted by molar-refractivity contribution is -0.384. The van der Waals surface area contributed by atoms with Crippen LogP contribution in [0.25, 0.3) is 0 Å². The van der Waals surface area contributed by atoms with Gasteiger partial charge in [0.15, 0.2) is 0 Å². The quantitative estimate of drug-likeness (QED) is 0.620. The number of benzene rings is 2. The van der Waals surface area contributed by atoms with E-state index in [4.69, 9.17) is 5.14 Å². The van der Waals surface area contributed by atoms with Crippen LogP contribution in [0.15, 0.2) is 47.4 Å². The molecule has 0 aliphatic rings. The molecule has 23 heavy (non-hydrogen) atoms. The van der Waals surface area contributed by atoms with Crippen LogP contribution in [-0.4, -0.2) is 19.9 Å². The minimum atomic E-state index is -3.67. The first kappa shape index (κ1) is 16.9. The molecule has 0 heterocycles. The predicted molar refractivity (Wildman–Crippen MR) is 87.8 cm³/mol. The molecule has 0 spiro atoms. The van der Waals surface area contributed by atoms with Crippen LogP contribution in [0.1, 0.15) is 11.1 Å². The van der Waals surface area contributed by atoms with Gasteiger partial charge in [0, 0.05) is 24.4 Å². The summed E-state index contributed by atoms with van der Waals surface area (Å²) in [6.07, 6.45) is 0.682. The summed E-state index contributed by atoms with van der Waals surface area (Å²) in [6, 6.07) is 11.0. The molecule has 2 aromatic carbocycles. The van der Waals surface area contributed by atoms with E-state index >= 15 is 0 Å². The lowest BCUT2D eigenvalue weighted by Crippen LogP contribution is -2.12. The minimum absolute atomic E-state index is 0.0617. The van der Waals surface area contributed by atoms with Gasteiger partial charge in [0.2, 0.25) is 10.0 Å². The summed E-state index contributed by atoms with van der Waals surface area (Å²) in [5.41, 5.74) is 2.65. The summed E-state index contributed by atoms with van der Waals surface area (Å²) < 4.78 is 22.3. The average Bonchev–Trinajstić information content (AvgIpc) is 2.48. The van der Waals surface area contributed by atoms with Crippen molar-refractivity contribution in [3.63, 3.8) is 0 Å². The fraction of sp³-hybridized carbons (Fsp3) is 0.200. The first-order valence-electron chi connectivity index (χ1n) is 6.88. The van der Waals surface area contributed by atoms with Crippen LogP contribution in [-0.2, 0) is 16.4 Å². The Bertz CT molecular complexity index is 817. The maximum Gasteiger partial charge on any atom is 0.269 e. The number of hydrogen-bond acceptors (Lipinski definition) is 5. The molecule has 0 atom stereocenters. The van der Waals surface area contributed by atoms with E-state index in [1.807, 2.05) is 0 Å². The van der Waals surface area contributed by atoms with Gasteiger partial charge in [0.05, 0.1) is 9.82 Å². The SMILES string of the molecule is Cc1cc([N+](=O)[O-])ccc1NCCc1ccc(S(N)(=O)=O)cc1. The van der Waals surface area contributed by atoms with Crippen LogP contribution < -0.4 is 10.5 Å². The zero-order valence-electron chi connectivity index (χ0n) is 12.5. The van der Waals surface area contributed by atoms with Crippen LogP contribution in [0.3, 0.4) is 0 Å². The number of rotatable bonds is 6. The zero-order chi connectivity index (χ0) is 17.0. The molecule has 3 N–H and O–H groups in total. The first-order chi connectivity index (χ1) is 10.8. The van der Waals surface area contributed by atoms with Gasteiger partial charge in [-0.15, -0.1) is 0 Å². The van der Waals surface area contributed by atoms with Crippen LogP contribution in [0.4, 0.5) is 11.4 Å². The van der Waals surface area contributed by atoms with Gasteiger partial charge in [-0.1, -0.05) is 12.1 Å². The highest BCUT2D eigenvalue weighted by Gasteiger charge is 2.08. The fourth-order valence-electron chi connectivity index (χ4n) is 2.15. The maximum absolute atomic E-state index is 11.2. The number of nitro groups is 1. The fourth-order valence-corrected chi connectivity index (χ4v) is 2.66. The molecule has 0 amide bonds.